The number of amides is 1. The third kappa shape index (κ3) is 3.83. The van der Waals surface area contributed by atoms with Crippen LogP contribution in [0, 0.1) is 6.92 Å². The lowest BCUT2D eigenvalue weighted by Gasteiger charge is -2.35. The molecule has 0 N–H and O–H groups in total. The molecule has 10 heteroatoms. The molecule has 0 spiro atoms. The number of ether oxygens (including phenoxy) is 1. The molecule has 1 aliphatic rings. The summed E-state index contributed by atoms with van der Waals surface area (Å²) in [6, 6.07) is 14.7. The molecule has 0 unspecified atom stereocenters. The fraction of sp³-hybridized carbons (Fsp3) is 0.250. The Morgan fingerprint density at radius 1 is 0.912 bits per heavy atom. The molecule has 0 bridgehead atoms. The zero-order valence-corrected chi connectivity index (χ0v) is 18.9. The van der Waals surface area contributed by atoms with Gasteiger partial charge in [0, 0.05) is 26.2 Å². The predicted octanol–water partition coefficient (Wildman–Crippen LogP) is 2.27. The Morgan fingerprint density at radius 3 is 2.32 bits per heavy atom. The number of hydrogen-bond acceptors (Lipinski definition) is 8. The quantitative estimate of drug-likeness (QED) is 0.430. The summed E-state index contributed by atoms with van der Waals surface area (Å²) in [7, 11) is 1.31. The van der Waals surface area contributed by atoms with Crippen LogP contribution >= 0.6 is 0 Å². The number of hydrogen-bond donors (Lipinski definition) is 0. The Morgan fingerprint density at radius 2 is 1.62 bits per heavy atom. The molecule has 4 aromatic rings. The minimum Gasteiger partial charge on any atom is -0.465 e. The number of esters is 1. The minimum absolute atomic E-state index is 0.196. The lowest BCUT2D eigenvalue weighted by Crippen LogP contribution is -2.49. The maximum absolute atomic E-state index is 13.1. The van der Waals surface area contributed by atoms with Gasteiger partial charge < -0.3 is 14.5 Å². The highest BCUT2D eigenvalue weighted by Crippen LogP contribution is 2.24. The Kier molecular flexibility index (Phi) is 5.62. The highest BCUT2D eigenvalue weighted by atomic mass is 16.5. The molecule has 10 nitrogen and oxygen atoms in total. The van der Waals surface area contributed by atoms with Gasteiger partial charge in [-0.1, -0.05) is 35.0 Å². The molecular weight excluding hydrogens is 434 g/mol. The molecule has 0 atom stereocenters. The number of aryl methyl sites for hydroxylation is 1. The largest absolute Gasteiger partial charge is 0.465 e. The minimum atomic E-state index is -0.525. The maximum Gasteiger partial charge on any atom is 0.338 e. The van der Waals surface area contributed by atoms with Gasteiger partial charge in [0.05, 0.1) is 23.9 Å². The van der Waals surface area contributed by atoms with Gasteiger partial charge in [0.1, 0.15) is 6.33 Å². The third-order valence-electron chi connectivity index (χ3n) is 5.93. The summed E-state index contributed by atoms with van der Waals surface area (Å²) in [5.74, 6) is -0.0353. The van der Waals surface area contributed by atoms with Gasteiger partial charge in [0.25, 0.3) is 5.91 Å². The Bertz CT molecular complexity index is 1360. The summed E-state index contributed by atoms with van der Waals surface area (Å²) < 4.78 is 6.52. The lowest BCUT2D eigenvalue weighted by molar-refractivity contribution is 0.0589. The first-order valence-electron chi connectivity index (χ1n) is 10.9. The summed E-state index contributed by atoms with van der Waals surface area (Å²) in [5.41, 5.74) is 3.87. The molecule has 3 heterocycles. The van der Waals surface area contributed by atoms with Crippen molar-refractivity contribution in [3.8, 4) is 5.69 Å². The van der Waals surface area contributed by atoms with Crippen molar-refractivity contribution in [2.45, 2.75) is 6.92 Å². The first kappa shape index (κ1) is 21.5. The number of carbonyl (C=O) groups is 2. The molecule has 1 fully saturated rings. The molecule has 0 aliphatic carbocycles. The number of rotatable bonds is 4. The van der Waals surface area contributed by atoms with Crippen molar-refractivity contribution in [3.05, 3.63) is 71.5 Å². The van der Waals surface area contributed by atoms with Crippen LogP contribution in [0.2, 0.25) is 0 Å². The van der Waals surface area contributed by atoms with Crippen LogP contribution in [0.1, 0.15) is 26.3 Å². The maximum atomic E-state index is 13.1. The molecule has 1 amide bonds. The van der Waals surface area contributed by atoms with Crippen LogP contribution in [0.15, 0.2) is 54.9 Å². The van der Waals surface area contributed by atoms with E-state index in [4.69, 9.17) is 4.74 Å². The average Bonchev–Trinajstić information content (AvgIpc) is 3.33. The summed E-state index contributed by atoms with van der Waals surface area (Å²) in [6.45, 7) is 4.12. The van der Waals surface area contributed by atoms with Crippen LogP contribution in [-0.2, 0) is 4.74 Å². The molecule has 172 valence electrons. The smallest absolute Gasteiger partial charge is 0.338 e. The van der Waals surface area contributed by atoms with Crippen LogP contribution in [0.5, 0.6) is 0 Å². The SMILES string of the molecule is COC(=O)c1ccccc1C(=O)N1CCN(c2ncnc3c2nnn3-c2ccc(C)cc2)CC1. The van der Waals surface area contributed by atoms with E-state index in [1.165, 1.54) is 13.4 Å². The first-order valence-corrected chi connectivity index (χ1v) is 10.9. The second kappa shape index (κ2) is 8.89. The number of anilines is 1. The highest BCUT2D eigenvalue weighted by molar-refractivity contribution is 6.05. The van der Waals surface area contributed by atoms with Gasteiger partial charge in [0.2, 0.25) is 0 Å². The highest BCUT2D eigenvalue weighted by Gasteiger charge is 2.27. The lowest BCUT2D eigenvalue weighted by atomic mass is 10.1. The molecule has 2 aromatic heterocycles. The van der Waals surface area contributed by atoms with Gasteiger partial charge in [-0.3, -0.25) is 4.79 Å². The van der Waals surface area contributed by atoms with Crippen molar-refractivity contribution in [1.82, 2.24) is 29.9 Å². The standard InChI is InChI=1S/C24H23N7O3/c1-16-7-9-17(10-8-16)31-22-20(27-28-31)21(25-15-26-22)29-11-13-30(14-12-29)23(32)18-5-3-4-6-19(18)24(33)34-2/h3-10,15H,11-14H2,1-2H3. The molecule has 1 saturated heterocycles. The number of fused-ring (bicyclic) bond motifs is 1. The molecule has 34 heavy (non-hydrogen) atoms. The second-order valence-corrected chi connectivity index (χ2v) is 8.02. The third-order valence-corrected chi connectivity index (χ3v) is 5.93. The number of piperazine rings is 1. The number of benzene rings is 2. The molecule has 1 aliphatic heterocycles. The number of methoxy groups -OCH3 is 1. The van der Waals surface area contributed by atoms with Crippen molar-refractivity contribution in [3.63, 3.8) is 0 Å². The van der Waals surface area contributed by atoms with Gasteiger partial charge in [-0.05, 0) is 31.2 Å². The van der Waals surface area contributed by atoms with Crippen molar-refractivity contribution < 1.29 is 14.3 Å². The van der Waals surface area contributed by atoms with Crippen LogP contribution in [-0.4, -0.2) is 75.0 Å². The van der Waals surface area contributed by atoms with E-state index >= 15 is 0 Å². The van der Waals surface area contributed by atoms with Gasteiger partial charge in [-0.2, -0.15) is 4.68 Å². The Labute approximate surface area is 195 Å². The molecule has 0 radical (unpaired) electrons. The normalized spacial score (nSPS) is 13.8. The number of carbonyl (C=O) groups excluding carboxylic acids is 2. The summed E-state index contributed by atoms with van der Waals surface area (Å²) in [6.07, 6.45) is 1.51. The van der Waals surface area contributed by atoms with E-state index in [9.17, 15) is 9.59 Å². The molecule has 5 rings (SSSR count). The topological polar surface area (TPSA) is 106 Å². The molecular formula is C24H23N7O3. The van der Waals surface area contributed by atoms with Crippen molar-refractivity contribution >= 4 is 28.9 Å². The molecule has 2 aromatic carbocycles. The van der Waals surface area contributed by atoms with E-state index in [1.54, 1.807) is 33.8 Å². The van der Waals surface area contributed by atoms with E-state index in [0.717, 1.165) is 11.3 Å². The fourth-order valence-electron chi connectivity index (χ4n) is 4.08. The van der Waals surface area contributed by atoms with E-state index < -0.39 is 5.97 Å². The molecule has 0 saturated carbocycles. The fourth-order valence-corrected chi connectivity index (χ4v) is 4.08. The summed E-state index contributed by atoms with van der Waals surface area (Å²) >= 11 is 0. The monoisotopic (exact) mass is 457 g/mol. The second-order valence-electron chi connectivity index (χ2n) is 8.02. The van der Waals surface area contributed by atoms with Gasteiger partial charge in [-0.25, -0.2) is 14.8 Å². The van der Waals surface area contributed by atoms with Gasteiger partial charge >= 0.3 is 5.97 Å². The average molecular weight is 457 g/mol. The van der Waals surface area contributed by atoms with E-state index in [-0.39, 0.29) is 11.5 Å². The Hall–Kier alpha value is -4.34. The van der Waals surface area contributed by atoms with E-state index in [1.807, 2.05) is 31.2 Å². The van der Waals surface area contributed by atoms with Gasteiger partial charge in [0.15, 0.2) is 17.0 Å². The zero-order chi connectivity index (χ0) is 23.7. The zero-order valence-electron chi connectivity index (χ0n) is 18.9. The predicted molar refractivity (Wildman–Crippen MR) is 125 cm³/mol. The van der Waals surface area contributed by atoms with Crippen LogP contribution < -0.4 is 4.90 Å². The van der Waals surface area contributed by atoms with E-state index in [2.05, 4.69) is 25.2 Å². The number of nitrogens with zero attached hydrogens (tertiary/aromatic N) is 7. The Balaban J connectivity index is 1.36. The number of aromatic nitrogens is 5. The van der Waals surface area contributed by atoms with Crippen molar-refractivity contribution in [2.75, 3.05) is 38.2 Å². The van der Waals surface area contributed by atoms with Crippen LogP contribution in [0.4, 0.5) is 5.82 Å². The van der Waals surface area contributed by atoms with Crippen LogP contribution in [0.3, 0.4) is 0 Å². The van der Waals surface area contributed by atoms with Crippen LogP contribution in [0.25, 0.3) is 16.9 Å². The summed E-state index contributed by atoms with van der Waals surface area (Å²) in [5, 5.41) is 8.65. The first-order chi connectivity index (χ1) is 16.6. The van der Waals surface area contributed by atoms with Crippen molar-refractivity contribution in [2.24, 2.45) is 0 Å². The summed E-state index contributed by atoms with van der Waals surface area (Å²) in [4.78, 5) is 37.9. The van der Waals surface area contributed by atoms with E-state index in [0.29, 0.717) is 48.7 Å². The van der Waals surface area contributed by atoms with Crippen molar-refractivity contribution in [1.29, 1.82) is 0 Å². The van der Waals surface area contributed by atoms with Gasteiger partial charge in [-0.15, -0.1) is 5.10 Å².